The van der Waals surface area contributed by atoms with Gasteiger partial charge in [0, 0.05) is 23.9 Å². The van der Waals surface area contributed by atoms with Crippen molar-refractivity contribution in [2.24, 2.45) is 11.1 Å². The van der Waals surface area contributed by atoms with Crippen LogP contribution in [0, 0.1) is 5.41 Å². The van der Waals surface area contributed by atoms with Crippen LogP contribution in [0.1, 0.15) is 33.1 Å². The molecule has 3 N–H and O–H groups in total. The molecule has 1 aliphatic carbocycles. The minimum atomic E-state index is -4.27. The standard InChI is InChI=1S/C10H17F3N2O/c1-9(2)6(14)5-7(9)15-8(16)3-4-10(11,12)13/h6-7H,3-5,14H2,1-2H3,(H,15,16). The van der Waals surface area contributed by atoms with E-state index in [0.717, 1.165) is 0 Å². The molecular weight excluding hydrogens is 221 g/mol. The number of alkyl halides is 3. The molecule has 1 amide bonds. The van der Waals surface area contributed by atoms with Crippen LogP contribution >= 0.6 is 0 Å². The highest BCUT2D eigenvalue weighted by molar-refractivity contribution is 5.76. The zero-order valence-corrected chi connectivity index (χ0v) is 9.40. The zero-order valence-electron chi connectivity index (χ0n) is 9.40. The van der Waals surface area contributed by atoms with Gasteiger partial charge in [-0.05, 0) is 6.42 Å². The van der Waals surface area contributed by atoms with Crippen LogP contribution in [0.4, 0.5) is 13.2 Å². The smallest absolute Gasteiger partial charge is 0.353 e. The van der Waals surface area contributed by atoms with Crippen molar-refractivity contribution in [1.29, 1.82) is 0 Å². The number of amides is 1. The largest absolute Gasteiger partial charge is 0.389 e. The molecule has 0 aromatic carbocycles. The molecule has 0 radical (unpaired) electrons. The molecule has 0 heterocycles. The van der Waals surface area contributed by atoms with E-state index in [-0.39, 0.29) is 17.5 Å². The van der Waals surface area contributed by atoms with Crippen molar-refractivity contribution >= 4 is 5.91 Å². The normalized spacial score (nSPS) is 28.4. The summed E-state index contributed by atoms with van der Waals surface area (Å²) in [5.74, 6) is -0.553. The molecule has 1 fully saturated rings. The molecule has 1 saturated carbocycles. The summed E-state index contributed by atoms with van der Waals surface area (Å²) in [6, 6.07) is -0.108. The van der Waals surface area contributed by atoms with Crippen LogP contribution in [0.3, 0.4) is 0 Å². The fourth-order valence-electron chi connectivity index (χ4n) is 1.73. The van der Waals surface area contributed by atoms with Crippen LogP contribution in [-0.2, 0) is 4.79 Å². The topological polar surface area (TPSA) is 55.1 Å². The van der Waals surface area contributed by atoms with Gasteiger partial charge in [0.2, 0.25) is 5.91 Å². The third-order valence-electron chi connectivity index (χ3n) is 3.31. The molecule has 6 heteroatoms. The van der Waals surface area contributed by atoms with Gasteiger partial charge < -0.3 is 11.1 Å². The molecule has 2 atom stereocenters. The predicted molar refractivity (Wildman–Crippen MR) is 53.6 cm³/mol. The first-order valence-electron chi connectivity index (χ1n) is 5.24. The van der Waals surface area contributed by atoms with E-state index in [9.17, 15) is 18.0 Å². The van der Waals surface area contributed by atoms with E-state index < -0.39 is 24.9 Å². The fourth-order valence-corrected chi connectivity index (χ4v) is 1.73. The van der Waals surface area contributed by atoms with E-state index in [2.05, 4.69) is 5.32 Å². The van der Waals surface area contributed by atoms with E-state index in [0.29, 0.717) is 6.42 Å². The van der Waals surface area contributed by atoms with Crippen molar-refractivity contribution in [2.75, 3.05) is 0 Å². The Hall–Kier alpha value is -0.780. The maximum atomic E-state index is 11.9. The predicted octanol–water partition coefficient (Wildman–Crippen LogP) is 1.57. The van der Waals surface area contributed by atoms with E-state index in [1.165, 1.54) is 0 Å². The lowest BCUT2D eigenvalue weighted by Crippen LogP contribution is -2.64. The average molecular weight is 238 g/mol. The maximum absolute atomic E-state index is 11.9. The van der Waals surface area contributed by atoms with Gasteiger partial charge in [-0.3, -0.25) is 4.79 Å². The Balaban J connectivity index is 2.31. The minimum absolute atomic E-state index is 0.000385. The first-order valence-corrected chi connectivity index (χ1v) is 5.24. The van der Waals surface area contributed by atoms with Crippen molar-refractivity contribution in [1.82, 2.24) is 5.32 Å². The monoisotopic (exact) mass is 238 g/mol. The fraction of sp³-hybridized carbons (Fsp3) is 0.900. The molecule has 94 valence electrons. The average Bonchev–Trinajstić information content (AvgIpc) is 2.13. The van der Waals surface area contributed by atoms with Crippen molar-refractivity contribution in [3.05, 3.63) is 0 Å². The summed E-state index contributed by atoms with van der Waals surface area (Å²) in [5.41, 5.74) is 5.51. The van der Waals surface area contributed by atoms with Gasteiger partial charge in [0.15, 0.2) is 0 Å². The van der Waals surface area contributed by atoms with Gasteiger partial charge in [0.1, 0.15) is 0 Å². The maximum Gasteiger partial charge on any atom is 0.389 e. The molecule has 1 rings (SSSR count). The number of carbonyl (C=O) groups is 1. The number of carbonyl (C=O) groups excluding carboxylic acids is 1. The Morgan fingerprint density at radius 2 is 2.06 bits per heavy atom. The summed E-state index contributed by atoms with van der Waals surface area (Å²) >= 11 is 0. The van der Waals surface area contributed by atoms with Crippen LogP contribution in [0.15, 0.2) is 0 Å². The second kappa shape index (κ2) is 4.24. The SMILES string of the molecule is CC1(C)C(N)CC1NC(=O)CCC(F)(F)F. The molecular formula is C10H17F3N2O. The van der Waals surface area contributed by atoms with Crippen molar-refractivity contribution < 1.29 is 18.0 Å². The van der Waals surface area contributed by atoms with E-state index in [4.69, 9.17) is 5.73 Å². The van der Waals surface area contributed by atoms with Crippen LogP contribution in [0.25, 0.3) is 0 Å². The van der Waals surface area contributed by atoms with E-state index in [1.807, 2.05) is 13.8 Å². The Kier molecular flexibility index (Phi) is 3.52. The zero-order chi connectivity index (χ0) is 12.6. The highest BCUT2D eigenvalue weighted by atomic mass is 19.4. The first-order chi connectivity index (χ1) is 7.13. The van der Waals surface area contributed by atoms with Gasteiger partial charge in [-0.2, -0.15) is 13.2 Å². The summed E-state index contributed by atoms with van der Waals surface area (Å²) < 4.78 is 35.6. The highest BCUT2D eigenvalue weighted by Gasteiger charge is 2.46. The van der Waals surface area contributed by atoms with Gasteiger partial charge in [0.25, 0.3) is 0 Å². The third kappa shape index (κ3) is 3.10. The first kappa shape index (κ1) is 13.3. The molecule has 0 bridgehead atoms. The molecule has 0 spiro atoms. The molecule has 16 heavy (non-hydrogen) atoms. The van der Waals surface area contributed by atoms with E-state index in [1.54, 1.807) is 0 Å². The van der Waals surface area contributed by atoms with Crippen LogP contribution in [0.2, 0.25) is 0 Å². The summed E-state index contributed by atoms with van der Waals surface area (Å²) in [6.07, 6.45) is -5.23. The number of hydrogen-bond donors (Lipinski definition) is 2. The number of rotatable bonds is 3. The van der Waals surface area contributed by atoms with Gasteiger partial charge in [-0.25, -0.2) is 0 Å². The Bertz CT molecular complexity index is 276. The second-order valence-corrected chi connectivity index (χ2v) is 4.90. The molecule has 3 nitrogen and oxygen atoms in total. The van der Waals surface area contributed by atoms with Gasteiger partial charge in [0.05, 0.1) is 6.42 Å². The quantitative estimate of drug-likeness (QED) is 0.784. The molecule has 0 aromatic heterocycles. The van der Waals surface area contributed by atoms with Crippen LogP contribution in [-0.4, -0.2) is 24.2 Å². The van der Waals surface area contributed by atoms with Crippen molar-refractivity contribution in [2.45, 2.75) is 51.4 Å². The Labute approximate surface area is 92.6 Å². The third-order valence-corrected chi connectivity index (χ3v) is 3.31. The number of halogens is 3. The lowest BCUT2D eigenvalue weighted by Gasteiger charge is -2.50. The lowest BCUT2D eigenvalue weighted by molar-refractivity contribution is -0.145. The lowest BCUT2D eigenvalue weighted by atomic mass is 9.63. The van der Waals surface area contributed by atoms with Gasteiger partial charge >= 0.3 is 6.18 Å². The highest BCUT2D eigenvalue weighted by Crippen LogP contribution is 2.39. The van der Waals surface area contributed by atoms with Crippen molar-refractivity contribution in [3.8, 4) is 0 Å². The number of nitrogens with two attached hydrogens (primary N) is 1. The summed E-state index contributed by atoms with van der Waals surface area (Å²) in [7, 11) is 0. The Morgan fingerprint density at radius 3 is 2.44 bits per heavy atom. The second-order valence-electron chi connectivity index (χ2n) is 4.90. The van der Waals surface area contributed by atoms with E-state index >= 15 is 0 Å². The van der Waals surface area contributed by atoms with Gasteiger partial charge in [-0.1, -0.05) is 13.8 Å². The summed E-state index contributed by atoms with van der Waals surface area (Å²) in [5, 5.41) is 2.59. The molecule has 0 aromatic rings. The molecule has 0 aliphatic heterocycles. The van der Waals surface area contributed by atoms with Gasteiger partial charge in [-0.15, -0.1) is 0 Å². The number of hydrogen-bond acceptors (Lipinski definition) is 2. The van der Waals surface area contributed by atoms with Crippen molar-refractivity contribution in [3.63, 3.8) is 0 Å². The molecule has 1 aliphatic rings. The number of nitrogens with one attached hydrogen (secondary N) is 1. The molecule has 2 unspecified atom stereocenters. The Morgan fingerprint density at radius 1 is 1.50 bits per heavy atom. The van der Waals surface area contributed by atoms with Crippen LogP contribution in [0.5, 0.6) is 0 Å². The summed E-state index contributed by atoms with van der Waals surface area (Å²) in [6.45, 7) is 3.80. The minimum Gasteiger partial charge on any atom is -0.353 e. The van der Waals surface area contributed by atoms with Crippen LogP contribution < -0.4 is 11.1 Å². The molecule has 0 saturated heterocycles. The summed E-state index contributed by atoms with van der Waals surface area (Å²) in [4.78, 5) is 11.2.